The maximum absolute atomic E-state index is 11.5. The monoisotopic (exact) mass is 452 g/mol. The minimum atomic E-state index is -0.574. The molecule has 0 aliphatic rings. The van der Waals surface area contributed by atoms with E-state index in [2.05, 4.69) is 5.32 Å². The molecule has 0 saturated carbocycles. The fraction of sp³-hybridized carbons (Fsp3) is 0.435. The van der Waals surface area contributed by atoms with Crippen molar-refractivity contribution in [2.45, 2.75) is 39.2 Å². The number of hydroxylamine groups is 2. The second-order valence-electron chi connectivity index (χ2n) is 7.01. The second-order valence-corrected chi connectivity index (χ2v) is 7.01. The van der Waals surface area contributed by atoms with E-state index in [0.29, 0.717) is 18.8 Å². The summed E-state index contributed by atoms with van der Waals surface area (Å²) in [6, 6.07) is 16.9. The smallest absolute Gasteiger partial charge is 0.246 e. The van der Waals surface area contributed by atoms with Crippen LogP contribution in [0, 0.1) is 0 Å². The standard InChI is InChI=1S/C23H32N2O5.ClH/c1-3-4-16-25(19(2)26)30-29-23-12-10-20(11-13-23)14-15-24-17-21(27)18-28-22-8-6-5-7-9-22;/h5-13,21,24,27H,3-4,14-18H2,1-2H3;1H. The Kier molecular flexibility index (Phi) is 13.3. The Morgan fingerprint density at radius 2 is 1.81 bits per heavy atom. The van der Waals surface area contributed by atoms with Crippen molar-refractivity contribution in [1.82, 2.24) is 10.4 Å². The van der Waals surface area contributed by atoms with Gasteiger partial charge in [-0.2, -0.15) is 5.06 Å². The minimum Gasteiger partial charge on any atom is -0.491 e. The molecule has 0 radical (unpaired) electrons. The van der Waals surface area contributed by atoms with Crippen LogP contribution in [0.15, 0.2) is 54.6 Å². The van der Waals surface area contributed by atoms with Gasteiger partial charge in [0, 0.05) is 13.5 Å². The first-order valence-electron chi connectivity index (χ1n) is 10.4. The number of carbonyl (C=O) groups excluding carboxylic acids is 1. The molecule has 2 N–H and O–H groups in total. The van der Waals surface area contributed by atoms with Crippen LogP contribution in [0.2, 0.25) is 0 Å². The van der Waals surface area contributed by atoms with Crippen molar-refractivity contribution in [3.05, 3.63) is 60.2 Å². The summed E-state index contributed by atoms with van der Waals surface area (Å²) in [7, 11) is 0. The molecule has 2 rings (SSSR count). The van der Waals surface area contributed by atoms with E-state index in [4.69, 9.17) is 14.6 Å². The quantitative estimate of drug-likeness (QED) is 0.259. The first-order valence-corrected chi connectivity index (χ1v) is 10.4. The lowest BCUT2D eigenvalue weighted by atomic mass is 10.1. The molecule has 8 heteroatoms. The van der Waals surface area contributed by atoms with Crippen molar-refractivity contribution in [2.75, 3.05) is 26.2 Å². The molecule has 0 aliphatic carbocycles. The highest BCUT2D eigenvalue weighted by atomic mass is 35.5. The third-order valence-corrected chi connectivity index (χ3v) is 4.37. The van der Waals surface area contributed by atoms with E-state index in [1.807, 2.05) is 49.4 Å². The topological polar surface area (TPSA) is 80.3 Å². The van der Waals surface area contributed by atoms with Gasteiger partial charge in [-0.3, -0.25) is 4.79 Å². The third kappa shape index (κ3) is 11.0. The van der Waals surface area contributed by atoms with Gasteiger partial charge >= 0.3 is 0 Å². The number of nitrogens with zero attached hydrogens (tertiary/aromatic N) is 1. The van der Waals surface area contributed by atoms with E-state index in [-0.39, 0.29) is 24.9 Å². The molecular formula is C23H33ClN2O5. The van der Waals surface area contributed by atoms with E-state index in [1.165, 1.54) is 12.0 Å². The molecule has 0 aromatic heterocycles. The highest BCUT2D eigenvalue weighted by Crippen LogP contribution is 2.14. The highest BCUT2D eigenvalue weighted by molar-refractivity contribution is 5.85. The van der Waals surface area contributed by atoms with Crippen molar-refractivity contribution in [3.8, 4) is 11.5 Å². The number of aliphatic hydroxyl groups is 1. The fourth-order valence-corrected chi connectivity index (χ4v) is 2.62. The van der Waals surface area contributed by atoms with Crippen LogP contribution in [0.1, 0.15) is 32.3 Å². The van der Waals surface area contributed by atoms with Gasteiger partial charge < -0.3 is 20.0 Å². The number of amides is 1. The van der Waals surface area contributed by atoms with E-state index >= 15 is 0 Å². The number of halogens is 1. The molecule has 172 valence electrons. The molecule has 0 saturated heterocycles. The number of unbranched alkanes of at least 4 members (excludes halogenated alkanes) is 1. The van der Waals surface area contributed by atoms with Gasteiger partial charge in [-0.15, -0.1) is 12.4 Å². The van der Waals surface area contributed by atoms with Crippen LogP contribution >= 0.6 is 12.4 Å². The van der Waals surface area contributed by atoms with Gasteiger partial charge in [0.25, 0.3) is 0 Å². The van der Waals surface area contributed by atoms with Gasteiger partial charge in [0.1, 0.15) is 18.5 Å². The van der Waals surface area contributed by atoms with Gasteiger partial charge in [0.2, 0.25) is 5.91 Å². The Hall–Kier alpha value is -2.32. The molecule has 1 unspecified atom stereocenters. The van der Waals surface area contributed by atoms with E-state index in [9.17, 15) is 9.90 Å². The van der Waals surface area contributed by atoms with Crippen LogP contribution in [-0.2, 0) is 16.2 Å². The maximum Gasteiger partial charge on any atom is 0.246 e. The normalized spacial score (nSPS) is 11.3. The Bertz CT molecular complexity index is 731. The summed E-state index contributed by atoms with van der Waals surface area (Å²) in [4.78, 5) is 21.9. The number of hydrogen-bond acceptors (Lipinski definition) is 6. The number of ether oxygens (including phenoxy) is 1. The summed E-state index contributed by atoms with van der Waals surface area (Å²) in [6.07, 6.45) is 2.05. The molecule has 31 heavy (non-hydrogen) atoms. The SMILES string of the molecule is CCCCN(OOc1ccc(CCNCC(O)COc2ccccc2)cc1)C(C)=O.Cl. The predicted molar refractivity (Wildman–Crippen MR) is 122 cm³/mol. The summed E-state index contributed by atoms with van der Waals surface area (Å²) in [5.41, 5.74) is 1.12. The first-order chi connectivity index (χ1) is 14.6. The van der Waals surface area contributed by atoms with Crippen molar-refractivity contribution >= 4 is 18.3 Å². The van der Waals surface area contributed by atoms with Gasteiger partial charge in [-0.1, -0.05) is 48.7 Å². The Labute approximate surface area is 190 Å². The molecule has 0 aliphatic heterocycles. The predicted octanol–water partition coefficient (Wildman–Crippen LogP) is 3.55. The molecule has 2 aromatic rings. The average Bonchev–Trinajstić information content (AvgIpc) is 2.76. The average molecular weight is 453 g/mol. The molecule has 0 heterocycles. The van der Waals surface area contributed by atoms with Gasteiger partial charge in [0.15, 0.2) is 5.75 Å². The molecular weight excluding hydrogens is 420 g/mol. The van der Waals surface area contributed by atoms with Crippen LogP contribution in [0.4, 0.5) is 0 Å². The molecule has 1 amide bonds. The van der Waals surface area contributed by atoms with Crippen molar-refractivity contribution in [3.63, 3.8) is 0 Å². The highest BCUT2D eigenvalue weighted by Gasteiger charge is 2.10. The fourth-order valence-electron chi connectivity index (χ4n) is 2.62. The molecule has 7 nitrogen and oxygen atoms in total. The Morgan fingerprint density at radius 3 is 2.45 bits per heavy atom. The third-order valence-electron chi connectivity index (χ3n) is 4.37. The van der Waals surface area contributed by atoms with E-state index < -0.39 is 6.10 Å². The summed E-state index contributed by atoms with van der Waals surface area (Å²) in [6.45, 7) is 5.43. The van der Waals surface area contributed by atoms with Gasteiger partial charge in [-0.25, -0.2) is 0 Å². The zero-order valence-electron chi connectivity index (χ0n) is 18.2. The van der Waals surface area contributed by atoms with Crippen molar-refractivity contribution in [1.29, 1.82) is 0 Å². The molecule has 2 aromatic carbocycles. The lowest BCUT2D eigenvalue weighted by molar-refractivity contribution is -0.350. The lowest BCUT2D eigenvalue weighted by Crippen LogP contribution is -2.32. The molecule has 0 bridgehead atoms. The number of carbonyl (C=O) groups is 1. The van der Waals surface area contributed by atoms with Crippen molar-refractivity contribution < 1.29 is 24.5 Å². The summed E-state index contributed by atoms with van der Waals surface area (Å²) in [5, 5.41) is 14.4. The minimum absolute atomic E-state index is 0. The van der Waals surface area contributed by atoms with E-state index in [0.717, 1.165) is 37.1 Å². The number of para-hydroxylation sites is 1. The molecule has 0 fully saturated rings. The largest absolute Gasteiger partial charge is 0.491 e. The summed E-state index contributed by atoms with van der Waals surface area (Å²) in [5.74, 6) is 1.09. The van der Waals surface area contributed by atoms with Gasteiger partial charge in [-0.05, 0) is 49.2 Å². The van der Waals surface area contributed by atoms with Gasteiger partial charge in [0.05, 0.1) is 6.54 Å². The second kappa shape index (κ2) is 15.5. The zero-order valence-corrected chi connectivity index (χ0v) is 19.0. The molecule has 0 spiro atoms. The number of rotatable bonds is 14. The Balaban J connectivity index is 0.00000480. The number of hydrogen-bond donors (Lipinski definition) is 2. The first kappa shape index (κ1) is 26.7. The van der Waals surface area contributed by atoms with Crippen LogP contribution in [-0.4, -0.2) is 48.4 Å². The Morgan fingerprint density at radius 1 is 1.10 bits per heavy atom. The summed E-state index contributed by atoms with van der Waals surface area (Å²) < 4.78 is 5.53. The van der Waals surface area contributed by atoms with Crippen LogP contribution in [0.25, 0.3) is 0 Å². The maximum atomic E-state index is 11.5. The van der Waals surface area contributed by atoms with Crippen LogP contribution in [0.3, 0.4) is 0 Å². The lowest BCUT2D eigenvalue weighted by Gasteiger charge is -2.18. The number of nitrogens with one attached hydrogen (secondary N) is 1. The number of aliphatic hydroxyl groups excluding tert-OH is 1. The summed E-state index contributed by atoms with van der Waals surface area (Å²) >= 11 is 0. The van der Waals surface area contributed by atoms with Crippen LogP contribution in [0.5, 0.6) is 11.5 Å². The zero-order chi connectivity index (χ0) is 21.6. The van der Waals surface area contributed by atoms with Crippen LogP contribution < -0.4 is 14.9 Å². The van der Waals surface area contributed by atoms with E-state index in [1.54, 1.807) is 12.1 Å². The van der Waals surface area contributed by atoms with Crippen molar-refractivity contribution in [2.24, 2.45) is 0 Å². The molecule has 1 atom stereocenters. The number of benzene rings is 2.